The minimum atomic E-state index is -0.823. The third kappa shape index (κ3) is 2.24. The molecule has 1 saturated carbocycles. The average Bonchev–Trinajstić information content (AvgIpc) is 3.04. The van der Waals surface area contributed by atoms with Crippen LogP contribution in [0.4, 0.5) is 0 Å². The van der Waals surface area contributed by atoms with Crippen LogP contribution < -0.4 is 10.1 Å². The van der Waals surface area contributed by atoms with E-state index in [4.69, 9.17) is 9.84 Å². The van der Waals surface area contributed by atoms with Crippen molar-refractivity contribution in [3.05, 3.63) is 29.8 Å². The maximum atomic E-state index is 12.3. The summed E-state index contributed by atoms with van der Waals surface area (Å²) in [4.78, 5) is 23.5. The minimum absolute atomic E-state index is 0.131. The van der Waals surface area contributed by atoms with Gasteiger partial charge >= 0.3 is 5.97 Å². The van der Waals surface area contributed by atoms with Gasteiger partial charge in [-0.15, -0.1) is 0 Å². The number of aliphatic carboxylic acids is 1. The topological polar surface area (TPSA) is 75.6 Å². The highest BCUT2D eigenvalue weighted by atomic mass is 16.5. The molecule has 0 radical (unpaired) electrons. The summed E-state index contributed by atoms with van der Waals surface area (Å²) < 4.78 is 5.49. The number of para-hydroxylation sites is 1. The van der Waals surface area contributed by atoms with Crippen molar-refractivity contribution in [2.24, 2.45) is 5.92 Å². The van der Waals surface area contributed by atoms with Gasteiger partial charge in [0.1, 0.15) is 18.3 Å². The Kier molecular flexibility index (Phi) is 3.34. The molecule has 0 bridgehead atoms. The maximum absolute atomic E-state index is 12.3. The molecule has 1 aliphatic carbocycles. The number of benzene rings is 1. The van der Waals surface area contributed by atoms with Gasteiger partial charge in [0.2, 0.25) is 5.91 Å². The van der Waals surface area contributed by atoms with Crippen molar-refractivity contribution in [1.29, 1.82) is 0 Å². The van der Waals surface area contributed by atoms with Crippen molar-refractivity contribution >= 4 is 11.9 Å². The average molecular weight is 275 g/mol. The number of nitrogens with one attached hydrogen (secondary N) is 1. The Morgan fingerprint density at radius 3 is 2.85 bits per heavy atom. The van der Waals surface area contributed by atoms with Crippen molar-refractivity contribution in [2.45, 2.75) is 31.2 Å². The molecule has 3 rings (SSSR count). The molecule has 0 spiro atoms. The zero-order valence-electron chi connectivity index (χ0n) is 11.0. The van der Waals surface area contributed by atoms with Crippen LogP contribution in [0.1, 0.15) is 30.7 Å². The predicted molar refractivity (Wildman–Crippen MR) is 71.6 cm³/mol. The van der Waals surface area contributed by atoms with Crippen LogP contribution in [-0.4, -0.2) is 29.6 Å². The quantitative estimate of drug-likeness (QED) is 0.877. The Balaban J connectivity index is 1.70. The number of hydrogen-bond donors (Lipinski definition) is 2. The monoisotopic (exact) mass is 275 g/mol. The number of carboxylic acids is 1. The number of carbonyl (C=O) groups is 2. The molecule has 1 aromatic carbocycles. The van der Waals surface area contributed by atoms with E-state index in [-0.39, 0.29) is 17.9 Å². The van der Waals surface area contributed by atoms with Gasteiger partial charge < -0.3 is 15.2 Å². The number of hydrogen-bond acceptors (Lipinski definition) is 3. The van der Waals surface area contributed by atoms with Gasteiger partial charge in [-0.1, -0.05) is 24.6 Å². The molecule has 5 nitrogen and oxygen atoms in total. The third-order valence-corrected chi connectivity index (χ3v) is 4.18. The highest BCUT2D eigenvalue weighted by Crippen LogP contribution is 2.34. The highest BCUT2D eigenvalue weighted by molar-refractivity contribution is 5.86. The lowest BCUT2D eigenvalue weighted by Gasteiger charge is -2.19. The van der Waals surface area contributed by atoms with Crippen molar-refractivity contribution in [3.8, 4) is 5.75 Å². The van der Waals surface area contributed by atoms with Crippen LogP contribution >= 0.6 is 0 Å². The van der Waals surface area contributed by atoms with E-state index in [1.54, 1.807) is 0 Å². The second kappa shape index (κ2) is 5.15. The maximum Gasteiger partial charge on any atom is 0.308 e. The summed E-state index contributed by atoms with van der Waals surface area (Å²) in [6, 6.07) is 7.22. The molecule has 1 aromatic rings. The van der Waals surface area contributed by atoms with Crippen molar-refractivity contribution in [2.75, 3.05) is 6.61 Å². The molecule has 3 unspecified atom stereocenters. The molecule has 1 aliphatic heterocycles. The fraction of sp³-hybridized carbons (Fsp3) is 0.467. The van der Waals surface area contributed by atoms with E-state index in [0.717, 1.165) is 24.2 Å². The summed E-state index contributed by atoms with van der Waals surface area (Å²) >= 11 is 0. The van der Waals surface area contributed by atoms with Gasteiger partial charge in [-0.3, -0.25) is 9.59 Å². The number of fused-ring (bicyclic) bond motifs is 1. The molecule has 3 atom stereocenters. The van der Waals surface area contributed by atoms with E-state index >= 15 is 0 Å². The SMILES string of the molecule is O=C(NC1CCCC1C(=O)O)C1COc2ccccc21. The van der Waals surface area contributed by atoms with Crippen LogP contribution in [0.25, 0.3) is 0 Å². The molecule has 0 saturated heterocycles. The Bertz CT molecular complexity index is 542. The summed E-state index contributed by atoms with van der Waals surface area (Å²) in [5.41, 5.74) is 0.884. The number of carboxylic acid groups (broad SMARTS) is 1. The first-order valence-electron chi connectivity index (χ1n) is 6.91. The number of amides is 1. The van der Waals surface area contributed by atoms with Gasteiger partial charge in [0.05, 0.1) is 5.92 Å². The lowest BCUT2D eigenvalue weighted by atomic mass is 9.98. The van der Waals surface area contributed by atoms with Gasteiger partial charge in [0.15, 0.2) is 0 Å². The molecule has 106 valence electrons. The number of carbonyl (C=O) groups excluding carboxylic acids is 1. The zero-order chi connectivity index (χ0) is 14.1. The van der Waals surface area contributed by atoms with Crippen LogP contribution in [0.3, 0.4) is 0 Å². The summed E-state index contributed by atoms with van der Waals surface area (Å²) in [7, 11) is 0. The largest absolute Gasteiger partial charge is 0.492 e. The summed E-state index contributed by atoms with van der Waals surface area (Å²) in [5, 5.41) is 12.0. The zero-order valence-corrected chi connectivity index (χ0v) is 11.0. The standard InChI is InChI=1S/C15H17NO4/c17-14(16-12-6-3-5-10(12)15(18)19)11-8-20-13-7-2-1-4-9(11)13/h1-2,4,7,10-12H,3,5-6,8H2,(H,16,17)(H,18,19). The molecular weight excluding hydrogens is 258 g/mol. The number of rotatable bonds is 3. The predicted octanol–water partition coefficient (Wildman–Crippen LogP) is 1.53. The molecule has 2 N–H and O–H groups in total. The molecular formula is C15H17NO4. The lowest BCUT2D eigenvalue weighted by Crippen LogP contribution is -2.42. The second-order valence-electron chi connectivity index (χ2n) is 5.39. The van der Waals surface area contributed by atoms with E-state index in [1.165, 1.54) is 0 Å². The fourth-order valence-corrected chi connectivity index (χ4v) is 3.09. The fourth-order valence-electron chi connectivity index (χ4n) is 3.09. The molecule has 1 fully saturated rings. The van der Waals surface area contributed by atoms with Gasteiger partial charge in [-0.25, -0.2) is 0 Å². The Morgan fingerprint density at radius 2 is 2.05 bits per heavy atom. The molecule has 5 heteroatoms. The van der Waals surface area contributed by atoms with Crippen molar-refractivity contribution in [3.63, 3.8) is 0 Å². The lowest BCUT2D eigenvalue weighted by molar-refractivity contribution is -0.142. The molecule has 0 aromatic heterocycles. The molecule has 1 heterocycles. The second-order valence-corrected chi connectivity index (χ2v) is 5.39. The van der Waals surface area contributed by atoms with Crippen LogP contribution in [0.5, 0.6) is 5.75 Å². The highest BCUT2D eigenvalue weighted by Gasteiger charge is 2.37. The van der Waals surface area contributed by atoms with E-state index < -0.39 is 11.9 Å². The Morgan fingerprint density at radius 1 is 1.25 bits per heavy atom. The Labute approximate surface area is 116 Å². The first-order valence-corrected chi connectivity index (χ1v) is 6.91. The third-order valence-electron chi connectivity index (χ3n) is 4.18. The molecule has 2 aliphatic rings. The van der Waals surface area contributed by atoms with Crippen molar-refractivity contribution in [1.82, 2.24) is 5.32 Å². The van der Waals surface area contributed by atoms with Gasteiger partial charge in [-0.05, 0) is 18.9 Å². The van der Waals surface area contributed by atoms with Gasteiger partial charge in [-0.2, -0.15) is 0 Å². The van der Waals surface area contributed by atoms with E-state index in [2.05, 4.69) is 5.32 Å². The summed E-state index contributed by atoms with van der Waals surface area (Å²) in [5.74, 6) is -1.00. The molecule has 20 heavy (non-hydrogen) atoms. The van der Waals surface area contributed by atoms with E-state index in [1.807, 2.05) is 24.3 Å². The van der Waals surface area contributed by atoms with Crippen LogP contribution in [0.15, 0.2) is 24.3 Å². The normalized spacial score (nSPS) is 27.7. The minimum Gasteiger partial charge on any atom is -0.492 e. The number of ether oxygens (including phenoxy) is 1. The summed E-state index contributed by atoms with van der Waals surface area (Å²) in [6.45, 7) is 0.329. The summed E-state index contributed by atoms with van der Waals surface area (Å²) in [6.07, 6.45) is 2.22. The van der Waals surface area contributed by atoms with Crippen molar-refractivity contribution < 1.29 is 19.4 Å². The first-order chi connectivity index (χ1) is 9.66. The van der Waals surface area contributed by atoms with Gasteiger partial charge in [0, 0.05) is 11.6 Å². The van der Waals surface area contributed by atoms with E-state index in [0.29, 0.717) is 13.0 Å². The van der Waals surface area contributed by atoms with E-state index in [9.17, 15) is 9.59 Å². The van der Waals surface area contributed by atoms with Crippen LogP contribution in [-0.2, 0) is 9.59 Å². The smallest absolute Gasteiger partial charge is 0.308 e. The van der Waals surface area contributed by atoms with Gasteiger partial charge in [0.25, 0.3) is 0 Å². The first kappa shape index (κ1) is 13.0. The van der Waals surface area contributed by atoms with Crippen LogP contribution in [0.2, 0.25) is 0 Å². The van der Waals surface area contributed by atoms with Crippen LogP contribution in [0, 0.1) is 5.92 Å². The Hall–Kier alpha value is -2.04. The molecule has 1 amide bonds.